The van der Waals surface area contributed by atoms with E-state index >= 15 is 0 Å². The number of aryl methyl sites for hydroxylation is 2. The van der Waals surface area contributed by atoms with Crippen molar-refractivity contribution in [1.82, 2.24) is 9.78 Å². The van der Waals surface area contributed by atoms with Gasteiger partial charge in [0.05, 0.1) is 17.8 Å². The van der Waals surface area contributed by atoms with Crippen LogP contribution in [0, 0.1) is 13.8 Å². The van der Waals surface area contributed by atoms with Crippen molar-refractivity contribution in [3.8, 4) is 5.75 Å². The molecule has 4 heteroatoms. The molecule has 1 unspecified atom stereocenters. The summed E-state index contributed by atoms with van der Waals surface area (Å²) in [4.78, 5) is 0. The summed E-state index contributed by atoms with van der Waals surface area (Å²) in [7, 11) is 1.95. The first-order chi connectivity index (χ1) is 9.56. The SMILES string of the molecule is Cc1nn(C)c(C)c1C(N)c1cccc(OC2CC2)c1. The second-order valence-electron chi connectivity index (χ2n) is 5.58. The Morgan fingerprint density at radius 2 is 2.10 bits per heavy atom. The highest BCUT2D eigenvalue weighted by Gasteiger charge is 2.24. The minimum absolute atomic E-state index is 0.161. The highest BCUT2D eigenvalue weighted by Crippen LogP contribution is 2.30. The zero-order chi connectivity index (χ0) is 14.3. The number of ether oxygens (including phenoxy) is 1. The van der Waals surface area contributed by atoms with Crippen molar-refractivity contribution in [3.63, 3.8) is 0 Å². The van der Waals surface area contributed by atoms with Gasteiger partial charge in [0.1, 0.15) is 5.75 Å². The van der Waals surface area contributed by atoms with Gasteiger partial charge in [0.2, 0.25) is 0 Å². The van der Waals surface area contributed by atoms with E-state index in [1.807, 2.05) is 30.8 Å². The zero-order valence-electron chi connectivity index (χ0n) is 12.3. The molecule has 2 N–H and O–H groups in total. The third kappa shape index (κ3) is 2.43. The molecule has 1 heterocycles. The molecule has 0 aliphatic heterocycles. The molecule has 2 aromatic rings. The molecule has 1 aromatic carbocycles. The molecule has 1 aliphatic rings. The predicted molar refractivity (Wildman–Crippen MR) is 78.8 cm³/mol. The maximum Gasteiger partial charge on any atom is 0.120 e. The summed E-state index contributed by atoms with van der Waals surface area (Å²) in [5.41, 5.74) is 10.7. The lowest BCUT2D eigenvalue weighted by Crippen LogP contribution is -2.14. The first-order valence-corrected chi connectivity index (χ1v) is 7.08. The van der Waals surface area contributed by atoms with Crippen molar-refractivity contribution in [1.29, 1.82) is 0 Å². The number of hydrogen-bond acceptors (Lipinski definition) is 3. The number of nitrogens with two attached hydrogens (primary N) is 1. The van der Waals surface area contributed by atoms with Crippen LogP contribution in [0.5, 0.6) is 5.75 Å². The van der Waals surface area contributed by atoms with Gasteiger partial charge in [0, 0.05) is 18.3 Å². The smallest absolute Gasteiger partial charge is 0.120 e. The van der Waals surface area contributed by atoms with Crippen LogP contribution in [0.2, 0.25) is 0 Å². The van der Waals surface area contributed by atoms with E-state index in [-0.39, 0.29) is 6.04 Å². The third-order valence-corrected chi connectivity index (χ3v) is 3.92. The molecule has 106 valence electrons. The van der Waals surface area contributed by atoms with Crippen molar-refractivity contribution in [2.75, 3.05) is 0 Å². The van der Waals surface area contributed by atoms with E-state index in [9.17, 15) is 0 Å². The maximum absolute atomic E-state index is 6.44. The minimum Gasteiger partial charge on any atom is -0.490 e. The summed E-state index contributed by atoms with van der Waals surface area (Å²) < 4.78 is 7.73. The molecule has 0 saturated heterocycles. The number of hydrogen-bond donors (Lipinski definition) is 1. The third-order valence-electron chi connectivity index (χ3n) is 3.92. The monoisotopic (exact) mass is 271 g/mol. The second kappa shape index (κ2) is 4.94. The molecule has 20 heavy (non-hydrogen) atoms. The first-order valence-electron chi connectivity index (χ1n) is 7.08. The largest absolute Gasteiger partial charge is 0.490 e. The molecule has 1 aliphatic carbocycles. The minimum atomic E-state index is -0.161. The highest BCUT2D eigenvalue weighted by atomic mass is 16.5. The summed E-state index contributed by atoms with van der Waals surface area (Å²) in [6.45, 7) is 4.06. The second-order valence-corrected chi connectivity index (χ2v) is 5.58. The molecule has 4 nitrogen and oxygen atoms in total. The van der Waals surface area contributed by atoms with E-state index in [1.54, 1.807) is 0 Å². The van der Waals surface area contributed by atoms with Crippen LogP contribution >= 0.6 is 0 Å². The lowest BCUT2D eigenvalue weighted by molar-refractivity contribution is 0.303. The average Bonchev–Trinajstić information content (AvgIpc) is 3.18. The molecule has 1 aromatic heterocycles. The summed E-state index contributed by atoms with van der Waals surface area (Å²) in [6, 6.07) is 7.95. The number of nitrogens with zero attached hydrogens (tertiary/aromatic N) is 2. The highest BCUT2D eigenvalue weighted by molar-refractivity contribution is 5.39. The van der Waals surface area contributed by atoms with Crippen molar-refractivity contribution in [2.45, 2.75) is 38.8 Å². The van der Waals surface area contributed by atoms with Crippen molar-refractivity contribution in [2.24, 2.45) is 12.8 Å². The molecule has 0 spiro atoms. The van der Waals surface area contributed by atoms with Gasteiger partial charge >= 0.3 is 0 Å². The summed E-state index contributed by atoms with van der Waals surface area (Å²) in [6.07, 6.45) is 2.73. The van der Waals surface area contributed by atoms with Crippen molar-refractivity contribution < 1.29 is 4.74 Å². The zero-order valence-corrected chi connectivity index (χ0v) is 12.3. The number of aromatic nitrogens is 2. The Morgan fingerprint density at radius 1 is 1.35 bits per heavy atom. The molecule has 0 bridgehead atoms. The summed E-state index contributed by atoms with van der Waals surface area (Å²) >= 11 is 0. The van der Waals surface area contributed by atoms with E-state index in [4.69, 9.17) is 10.5 Å². The number of rotatable bonds is 4. The molecular weight excluding hydrogens is 250 g/mol. The molecule has 1 atom stereocenters. The van der Waals surface area contributed by atoms with E-state index in [2.05, 4.69) is 24.2 Å². The van der Waals surface area contributed by atoms with Gasteiger partial charge in [-0.25, -0.2) is 0 Å². The molecule has 1 fully saturated rings. The quantitative estimate of drug-likeness (QED) is 0.930. The van der Waals surface area contributed by atoms with E-state index in [0.29, 0.717) is 6.10 Å². The Balaban J connectivity index is 1.90. The van der Waals surface area contributed by atoms with Crippen LogP contribution in [0.15, 0.2) is 24.3 Å². The van der Waals surface area contributed by atoms with Crippen molar-refractivity contribution in [3.05, 3.63) is 46.8 Å². The van der Waals surface area contributed by atoms with Gasteiger partial charge in [-0.2, -0.15) is 5.10 Å². The van der Waals surface area contributed by atoms with Gasteiger partial charge in [-0.05, 0) is 44.4 Å². The number of benzene rings is 1. The van der Waals surface area contributed by atoms with Gasteiger partial charge in [-0.3, -0.25) is 4.68 Å². The fourth-order valence-electron chi connectivity index (χ4n) is 2.57. The van der Waals surface area contributed by atoms with E-state index < -0.39 is 0 Å². The Morgan fingerprint density at radius 3 is 2.70 bits per heavy atom. The van der Waals surface area contributed by atoms with Gasteiger partial charge in [-0.15, -0.1) is 0 Å². The summed E-state index contributed by atoms with van der Waals surface area (Å²) in [5.74, 6) is 0.916. The Bertz CT molecular complexity index is 629. The average molecular weight is 271 g/mol. The van der Waals surface area contributed by atoms with Crippen LogP contribution in [-0.4, -0.2) is 15.9 Å². The Hall–Kier alpha value is -1.81. The molecule has 0 amide bonds. The van der Waals surface area contributed by atoms with Gasteiger partial charge in [0.25, 0.3) is 0 Å². The normalized spacial score (nSPS) is 16.2. The first kappa shape index (κ1) is 13.2. The molecule has 1 saturated carbocycles. The van der Waals surface area contributed by atoms with E-state index in [1.165, 1.54) is 0 Å². The van der Waals surface area contributed by atoms with Crippen molar-refractivity contribution >= 4 is 0 Å². The van der Waals surface area contributed by atoms with Crippen LogP contribution in [-0.2, 0) is 7.05 Å². The van der Waals surface area contributed by atoms with Crippen LogP contribution in [0.1, 0.15) is 41.4 Å². The molecule has 0 radical (unpaired) electrons. The lowest BCUT2D eigenvalue weighted by Gasteiger charge is -2.14. The standard InChI is InChI=1S/C16H21N3O/c1-10-15(11(2)19(3)18-10)16(17)12-5-4-6-14(9-12)20-13-7-8-13/h4-6,9,13,16H,7-8,17H2,1-3H3. The Labute approximate surface area is 119 Å². The van der Waals surface area contributed by atoms with Gasteiger partial charge < -0.3 is 10.5 Å². The van der Waals surface area contributed by atoms with Crippen LogP contribution in [0.25, 0.3) is 0 Å². The van der Waals surface area contributed by atoms with E-state index in [0.717, 1.165) is 41.1 Å². The fourth-order valence-corrected chi connectivity index (χ4v) is 2.57. The van der Waals surface area contributed by atoms with Crippen LogP contribution in [0.3, 0.4) is 0 Å². The lowest BCUT2D eigenvalue weighted by atomic mass is 9.98. The van der Waals surface area contributed by atoms with Crippen LogP contribution in [0.4, 0.5) is 0 Å². The fraction of sp³-hybridized carbons (Fsp3) is 0.438. The summed E-state index contributed by atoms with van der Waals surface area (Å²) in [5, 5.41) is 4.44. The van der Waals surface area contributed by atoms with Gasteiger partial charge in [-0.1, -0.05) is 12.1 Å². The topological polar surface area (TPSA) is 53.1 Å². The van der Waals surface area contributed by atoms with Gasteiger partial charge in [0.15, 0.2) is 0 Å². The van der Waals surface area contributed by atoms with Crippen LogP contribution < -0.4 is 10.5 Å². The maximum atomic E-state index is 6.44. The molecular formula is C16H21N3O. The predicted octanol–water partition coefficient (Wildman–Crippen LogP) is 2.63. The Kier molecular flexibility index (Phi) is 3.26. The molecule has 3 rings (SSSR count).